The maximum absolute atomic E-state index is 11.8. The van der Waals surface area contributed by atoms with Crippen molar-refractivity contribution in [2.24, 2.45) is 5.73 Å². The molecule has 0 aromatic heterocycles. The molecule has 0 saturated heterocycles. The van der Waals surface area contributed by atoms with E-state index in [-0.39, 0.29) is 16.8 Å². The molecule has 0 saturated carbocycles. The first-order valence-electron chi connectivity index (χ1n) is 8.02. The van der Waals surface area contributed by atoms with Gasteiger partial charge < -0.3 is 10.5 Å². The van der Waals surface area contributed by atoms with E-state index in [0.717, 1.165) is 5.56 Å². The van der Waals surface area contributed by atoms with E-state index in [1.165, 1.54) is 11.1 Å². The molecular weight excluding hydrogens is 274 g/mol. The molecular formula is C19H31NO2. The van der Waals surface area contributed by atoms with Crippen LogP contribution in [0.2, 0.25) is 0 Å². The Morgan fingerprint density at radius 2 is 1.50 bits per heavy atom. The second kappa shape index (κ2) is 6.82. The lowest BCUT2D eigenvalue weighted by Crippen LogP contribution is -2.34. The van der Waals surface area contributed by atoms with E-state index in [0.29, 0.717) is 13.0 Å². The van der Waals surface area contributed by atoms with E-state index in [1.54, 1.807) is 6.92 Å². The third-order valence-corrected chi connectivity index (χ3v) is 3.77. The van der Waals surface area contributed by atoms with Crippen molar-refractivity contribution in [3.63, 3.8) is 0 Å². The smallest absolute Gasteiger partial charge is 0.323 e. The average Bonchev–Trinajstić information content (AvgIpc) is 2.36. The first-order valence-corrected chi connectivity index (χ1v) is 8.02. The first kappa shape index (κ1) is 18.7. The molecule has 0 amide bonds. The summed E-state index contributed by atoms with van der Waals surface area (Å²) < 4.78 is 5.01. The van der Waals surface area contributed by atoms with Crippen LogP contribution < -0.4 is 5.73 Å². The molecule has 0 heterocycles. The second-order valence-electron chi connectivity index (χ2n) is 7.98. The summed E-state index contributed by atoms with van der Waals surface area (Å²) in [4.78, 5) is 11.8. The van der Waals surface area contributed by atoms with Crippen molar-refractivity contribution < 1.29 is 9.53 Å². The fourth-order valence-corrected chi connectivity index (χ4v) is 2.26. The monoisotopic (exact) mass is 305 g/mol. The highest BCUT2D eigenvalue weighted by atomic mass is 16.5. The quantitative estimate of drug-likeness (QED) is 0.863. The standard InChI is InChI=1S/C19H31NO2/c1-8-22-17(21)16(20)11-13-9-14(18(2,3)4)12-15(10-13)19(5,6)7/h9-10,12,16H,8,11,20H2,1-7H3. The molecule has 1 unspecified atom stereocenters. The van der Waals surface area contributed by atoms with E-state index >= 15 is 0 Å². The summed E-state index contributed by atoms with van der Waals surface area (Å²) in [6.45, 7) is 15.3. The summed E-state index contributed by atoms with van der Waals surface area (Å²) in [6.07, 6.45) is 0.506. The van der Waals surface area contributed by atoms with Gasteiger partial charge >= 0.3 is 5.97 Å². The van der Waals surface area contributed by atoms with E-state index in [1.807, 2.05) is 0 Å². The number of nitrogens with two attached hydrogens (primary N) is 1. The fourth-order valence-electron chi connectivity index (χ4n) is 2.26. The zero-order valence-electron chi connectivity index (χ0n) is 15.1. The van der Waals surface area contributed by atoms with Crippen LogP contribution in [-0.4, -0.2) is 18.6 Å². The van der Waals surface area contributed by atoms with Crippen molar-refractivity contribution in [2.45, 2.75) is 71.8 Å². The second-order valence-corrected chi connectivity index (χ2v) is 7.98. The van der Waals surface area contributed by atoms with E-state index in [2.05, 4.69) is 59.7 Å². The molecule has 1 atom stereocenters. The fraction of sp³-hybridized carbons (Fsp3) is 0.632. The van der Waals surface area contributed by atoms with Crippen molar-refractivity contribution in [1.82, 2.24) is 0 Å². The molecule has 1 aromatic carbocycles. The maximum atomic E-state index is 11.8. The number of benzene rings is 1. The Morgan fingerprint density at radius 1 is 1.05 bits per heavy atom. The normalized spacial score (nSPS) is 13.8. The topological polar surface area (TPSA) is 52.3 Å². The van der Waals surface area contributed by atoms with Crippen LogP contribution in [0, 0.1) is 0 Å². The van der Waals surface area contributed by atoms with Gasteiger partial charge in [0.15, 0.2) is 0 Å². The van der Waals surface area contributed by atoms with Gasteiger partial charge in [-0.05, 0) is 40.9 Å². The summed E-state index contributed by atoms with van der Waals surface area (Å²) in [7, 11) is 0. The largest absolute Gasteiger partial charge is 0.465 e. The van der Waals surface area contributed by atoms with E-state index in [9.17, 15) is 4.79 Å². The molecule has 0 aliphatic rings. The van der Waals surface area contributed by atoms with Gasteiger partial charge in [-0.1, -0.05) is 59.7 Å². The van der Waals surface area contributed by atoms with Crippen LogP contribution in [0.4, 0.5) is 0 Å². The number of ether oxygens (including phenoxy) is 1. The molecule has 2 N–H and O–H groups in total. The summed E-state index contributed by atoms with van der Waals surface area (Å²) in [5.74, 6) is -0.332. The number of esters is 1. The summed E-state index contributed by atoms with van der Waals surface area (Å²) in [5.41, 5.74) is 9.73. The van der Waals surface area contributed by atoms with Gasteiger partial charge in [-0.25, -0.2) is 0 Å². The lowest BCUT2D eigenvalue weighted by Gasteiger charge is -2.26. The van der Waals surface area contributed by atoms with Gasteiger partial charge in [-0.3, -0.25) is 4.79 Å². The van der Waals surface area contributed by atoms with Crippen LogP contribution in [-0.2, 0) is 26.8 Å². The van der Waals surface area contributed by atoms with Crippen LogP contribution in [0.25, 0.3) is 0 Å². The molecule has 0 aliphatic heterocycles. The molecule has 124 valence electrons. The number of carbonyl (C=O) groups excluding carboxylic acids is 1. The number of hydrogen-bond donors (Lipinski definition) is 1. The molecule has 1 rings (SSSR count). The predicted molar refractivity (Wildman–Crippen MR) is 92.2 cm³/mol. The third-order valence-electron chi connectivity index (χ3n) is 3.77. The Labute approximate surface area is 135 Å². The number of carbonyl (C=O) groups is 1. The number of hydrogen-bond acceptors (Lipinski definition) is 3. The molecule has 3 heteroatoms. The lowest BCUT2D eigenvalue weighted by molar-refractivity contribution is -0.144. The van der Waals surface area contributed by atoms with Crippen molar-refractivity contribution in [3.05, 3.63) is 34.9 Å². The Hall–Kier alpha value is -1.35. The maximum Gasteiger partial charge on any atom is 0.323 e. The van der Waals surface area contributed by atoms with Gasteiger partial charge in [-0.2, -0.15) is 0 Å². The molecule has 0 aliphatic carbocycles. The summed E-state index contributed by atoms with van der Waals surface area (Å²) in [6, 6.07) is 5.98. The van der Waals surface area contributed by atoms with Crippen molar-refractivity contribution >= 4 is 5.97 Å². The highest BCUT2D eigenvalue weighted by Gasteiger charge is 2.22. The Kier molecular flexibility index (Phi) is 5.80. The van der Waals surface area contributed by atoms with Crippen LogP contribution in [0.15, 0.2) is 18.2 Å². The van der Waals surface area contributed by atoms with Crippen molar-refractivity contribution in [1.29, 1.82) is 0 Å². The van der Waals surface area contributed by atoms with Crippen LogP contribution in [0.5, 0.6) is 0 Å². The number of rotatable bonds is 4. The Bertz CT molecular complexity index is 489. The molecule has 1 aromatic rings. The highest BCUT2D eigenvalue weighted by molar-refractivity contribution is 5.75. The minimum atomic E-state index is -0.608. The zero-order chi connectivity index (χ0) is 17.1. The zero-order valence-corrected chi connectivity index (χ0v) is 15.1. The predicted octanol–water partition coefficient (Wildman–Crippen LogP) is 3.71. The molecule has 0 radical (unpaired) electrons. The molecule has 0 bridgehead atoms. The molecule has 0 fully saturated rings. The SMILES string of the molecule is CCOC(=O)C(N)Cc1cc(C(C)(C)C)cc(C(C)(C)C)c1. The van der Waals surface area contributed by atoms with Crippen molar-refractivity contribution in [2.75, 3.05) is 6.61 Å². The molecule has 0 spiro atoms. The van der Waals surface area contributed by atoms with E-state index < -0.39 is 6.04 Å². The molecule has 22 heavy (non-hydrogen) atoms. The van der Waals surface area contributed by atoms with Gasteiger partial charge in [0.25, 0.3) is 0 Å². The Morgan fingerprint density at radius 3 is 1.86 bits per heavy atom. The van der Waals surface area contributed by atoms with Crippen LogP contribution in [0.1, 0.15) is 65.2 Å². The van der Waals surface area contributed by atoms with Gasteiger partial charge in [0.1, 0.15) is 6.04 Å². The van der Waals surface area contributed by atoms with E-state index in [4.69, 9.17) is 10.5 Å². The van der Waals surface area contributed by atoms with Crippen LogP contribution in [0.3, 0.4) is 0 Å². The summed E-state index contributed by atoms with van der Waals surface area (Å²) in [5, 5.41) is 0. The van der Waals surface area contributed by atoms with Gasteiger partial charge in [0, 0.05) is 0 Å². The van der Waals surface area contributed by atoms with Gasteiger partial charge in [-0.15, -0.1) is 0 Å². The van der Waals surface area contributed by atoms with Crippen molar-refractivity contribution in [3.8, 4) is 0 Å². The minimum Gasteiger partial charge on any atom is -0.465 e. The van der Waals surface area contributed by atoms with Crippen LogP contribution >= 0.6 is 0 Å². The third kappa shape index (κ3) is 5.13. The highest BCUT2D eigenvalue weighted by Crippen LogP contribution is 2.30. The molecule has 3 nitrogen and oxygen atoms in total. The Balaban J connectivity index is 3.16. The lowest BCUT2D eigenvalue weighted by atomic mass is 9.79. The minimum absolute atomic E-state index is 0.0596. The van der Waals surface area contributed by atoms with Gasteiger partial charge in [0.05, 0.1) is 6.61 Å². The summed E-state index contributed by atoms with van der Waals surface area (Å²) >= 11 is 0. The van der Waals surface area contributed by atoms with Gasteiger partial charge in [0.2, 0.25) is 0 Å². The average molecular weight is 305 g/mol. The first-order chi connectivity index (χ1) is 9.95.